The minimum atomic E-state index is 0.414. The molecule has 3 unspecified atom stereocenters. The zero-order valence-corrected chi connectivity index (χ0v) is 12.7. The second-order valence-corrected chi connectivity index (χ2v) is 5.95. The van der Waals surface area contributed by atoms with Gasteiger partial charge in [-0.15, -0.1) is 0 Å². The van der Waals surface area contributed by atoms with Crippen LogP contribution in [0.5, 0.6) is 0 Å². The maximum atomic E-state index is 4.64. The molecule has 1 fully saturated rings. The van der Waals surface area contributed by atoms with Gasteiger partial charge in [-0.2, -0.15) is 5.10 Å². The van der Waals surface area contributed by atoms with Crippen molar-refractivity contribution in [1.82, 2.24) is 15.1 Å². The highest BCUT2D eigenvalue weighted by atomic mass is 15.3. The van der Waals surface area contributed by atoms with E-state index in [0.29, 0.717) is 12.1 Å². The third-order valence-electron chi connectivity index (χ3n) is 4.56. The molecular weight excluding hydrogens is 234 g/mol. The van der Waals surface area contributed by atoms with Gasteiger partial charge in [0.1, 0.15) is 0 Å². The summed E-state index contributed by atoms with van der Waals surface area (Å²) in [6.45, 7) is 7.83. The Kier molecular flexibility index (Phi) is 5.44. The van der Waals surface area contributed by atoms with Crippen LogP contribution in [0.2, 0.25) is 0 Å². The number of nitrogens with zero attached hydrogens (tertiary/aromatic N) is 2. The Bertz CT molecular complexity index is 372. The van der Waals surface area contributed by atoms with E-state index < -0.39 is 0 Å². The molecule has 1 aliphatic rings. The summed E-state index contributed by atoms with van der Waals surface area (Å²) in [5.41, 5.74) is 1.33. The van der Waals surface area contributed by atoms with Crippen LogP contribution < -0.4 is 5.32 Å². The lowest BCUT2D eigenvalue weighted by Gasteiger charge is -2.31. The first-order valence-electron chi connectivity index (χ1n) is 8.03. The van der Waals surface area contributed by atoms with E-state index >= 15 is 0 Å². The molecule has 1 N–H and O–H groups in total. The van der Waals surface area contributed by atoms with E-state index in [0.717, 1.165) is 12.5 Å². The van der Waals surface area contributed by atoms with Gasteiger partial charge in [0.15, 0.2) is 0 Å². The van der Waals surface area contributed by atoms with Gasteiger partial charge in [0, 0.05) is 17.8 Å². The topological polar surface area (TPSA) is 29.9 Å². The molecule has 3 atom stereocenters. The molecule has 0 spiro atoms. The molecule has 0 aliphatic heterocycles. The van der Waals surface area contributed by atoms with E-state index in [9.17, 15) is 0 Å². The van der Waals surface area contributed by atoms with E-state index in [1.54, 1.807) is 0 Å². The zero-order chi connectivity index (χ0) is 13.7. The minimum Gasteiger partial charge on any atom is -0.310 e. The van der Waals surface area contributed by atoms with Gasteiger partial charge in [-0.25, -0.2) is 0 Å². The molecule has 0 aromatic carbocycles. The van der Waals surface area contributed by atoms with Crippen molar-refractivity contribution in [1.29, 1.82) is 0 Å². The van der Waals surface area contributed by atoms with Crippen LogP contribution in [0.4, 0.5) is 0 Å². The molecule has 1 saturated carbocycles. The Morgan fingerprint density at radius 2 is 2.16 bits per heavy atom. The summed E-state index contributed by atoms with van der Waals surface area (Å²) in [5, 5.41) is 8.18. The van der Waals surface area contributed by atoms with Crippen molar-refractivity contribution in [2.75, 3.05) is 6.54 Å². The molecule has 108 valence electrons. The number of rotatable bonds is 6. The van der Waals surface area contributed by atoms with Crippen molar-refractivity contribution < 1.29 is 0 Å². The van der Waals surface area contributed by atoms with Gasteiger partial charge >= 0.3 is 0 Å². The van der Waals surface area contributed by atoms with Crippen LogP contribution in [0, 0.1) is 5.92 Å². The average Bonchev–Trinajstić information content (AvgIpc) is 2.94. The quantitative estimate of drug-likeness (QED) is 0.838. The Morgan fingerprint density at radius 1 is 1.37 bits per heavy atom. The van der Waals surface area contributed by atoms with Gasteiger partial charge < -0.3 is 5.32 Å². The normalized spacial score (nSPS) is 25.4. The molecule has 1 aromatic heterocycles. The smallest absolute Gasteiger partial charge is 0.0547 e. The Morgan fingerprint density at radius 3 is 2.89 bits per heavy atom. The number of aromatic nitrogens is 2. The SMILES string of the molecule is CCCNC(C)c1cnn(C2CCCCC2CC)c1. The maximum absolute atomic E-state index is 4.64. The molecular formula is C16H29N3. The highest BCUT2D eigenvalue weighted by molar-refractivity contribution is 5.10. The second kappa shape index (κ2) is 7.09. The van der Waals surface area contributed by atoms with Crippen molar-refractivity contribution >= 4 is 0 Å². The summed E-state index contributed by atoms with van der Waals surface area (Å²) >= 11 is 0. The van der Waals surface area contributed by atoms with Gasteiger partial charge in [0.25, 0.3) is 0 Å². The summed E-state index contributed by atoms with van der Waals surface area (Å²) in [6, 6.07) is 1.04. The molecule has 2 rings (SSSR count). The maximum Gasteiger partial charge on any atom is 0.0547 e. The fourth-order valence-electron chi connectivity index (χ4n) is 3.25. The predicted octanol–water partition coefficient (Wildman–Crippen LogP) is 4.09. The van der Waals surface area contributed by atoms with Gasteiger partial charge in [0.05, 0.1) is 12.2 Å². The van der Waals surface area contributed by atoms with Crippen molar-refractivity contribution in [2.45, 2.75) is 71.4 Å². The molecule has 19 heavy (non-hydrogen) atoms. The Balaban J connectivity index is 2.02. The van der Waals surface area contributed by atoms with Gasteiger partial charge in [-0.3, -0.25) is 4.68 Å². The highest BCUT2D eigenvalue weighted by Crippen LogP contribution is 2.35. The molecule has 1 aromatic rings. The minimum absolute atomic E-state index is 0.414. The first-order chi connectivity index (χ1) is 9.26. The molecule has 1 heterocycles. The van der Waals surface area contributed by atoms with Crippen LogP contribution in [-0.4, -0.2) is 16.3 Å². The van der Waals surface area contributed by atoms with Gasteiger partial charge in [-0.1, -0.05) is 33.1 Å². The average molecular weight is 263 g/mol. The van der Waals surface area contributed by atoms with E-state index in [1.807, 2.05) is 0 Å². The van der Waals surface area contributed by atoms with E-state index in [2.05, 4.69) is 48.3 Å². The van der Waals surface area contributed by atoms with Gasteiger partial charge in [0.2, 0.25) is 0 Å². The van der Waals surface area contributed by atoms with Crippen molar-refractivity contribution in [3.63, 3.8) is 0 Å². The second-order valence-electron chi connectivity index (χ2n) is 5.95. The molecule has 1 aliphatic carbocycles. The van der Waals surface area contributed by atoms with Crippen molar-refractivity contribution in [3.8, 4) is 0 Å². The van der Waals surface area contributed by atoms with Crippen molar-refractivity contribution in [2.24, 2.45) is 5.92 Å². The third kappa shape index (κ3) is 3.59. The Labute approximate surface area is 117 Å². The fraction of sp³-hybridized carbons (Fsp3) is 0.812. The number of nitrogens with one attached hydrogen (secondary N) is 1. The van der Waals surface area contributed by atoms with Crippen molar-refractivity contribution in [3.05, 3.63) is 18.0 Å². The molecule has 0 saturated heterocycles. The van der Waals surface area contributed by atoms with E-state index in [-0.39, 0.29) is 0 Å². The molecule has 0 bridgehead atoms. The number of hydrogen-bond donors (Lipinski definition) is 1. The van der Waals surface area contributed by atoms with Crippen LogP contribution in [0.3, 0.4) is 0 Å². The predicted molar refractivity (Wildman–Crippen MR) is 80.2 cm³/mol. The fourth-order valence-corrected chi connectivity index (χ4v) is 3.25. The largest absolute Gasteiger partial charge is 0.310 e. The van der Waals surface area contributed by atoms with Crippen LogP contribution in [0.1, 0.15) is 76.9 Å². The molecule has 0 radical (unpaired) electrons. The lowest BCUT2D eigenvalue weighted by Crippen LogP contribution is -2.23. The zero-order valence-electron chi connectivity index (χ0n) is 12.7. The monoisotopic (exact) mass is 263 g/mol. The Hall–Kier alpha value is -0.830. The molecule has 3 nitrogen and oxygen atoms in total. The summed E-state index contributed by atoms with van der Waals surface area (Å²) < 4.78 is 2.24. The van der Waals surface area contributed by atoms with Crippen LogP contribution in [0.25, 0.3) is 0 Å². The summed E-state index contributed by atoms with van der Waals surface area (Å²) in [6.07, 6.45) is 12.2. The van der Waals surface area contributed by atoms with E-state index in [4.69, 9.17) is 0 Å². The standard InChI is InChI=1S/C16H29N3/c1-4-10-17-13(3)15-11-18-19(12-15)16-9-7-6-8-14(16)5-2/h11-14,16-17H,4-10H2,1-3H3. The lowest BCUT2D eigenvalue weighted by molar-refractivity contribution is 0.217. The van der Waals surface area contributed by atoms with Crippen LogP contribution >= 0.6 is 0 Å². The molecule has 0 amide bonds. The van der Waals surface area contributed by atoms with Crippen LogP contribution in [-0.2, 0) is 0 Å². The number of hydrogen-bond acceptors (Lipinski definition) is 2. The highest BCUT2D eigenvalue weighted by Gasteiger charge is 2.25. The summed E-state index contributed by atoms with van der Waals surface area (Å²) in [5.74, 6) is 0.820. The first kappa shape index (κ1) is 14.6. The molecule has 3 heteroatoms. The summed E-state index contributed by atoms with van der Waals surface area (Å²) in [4.78, 5) is 0. The summed E-state index contributed by atoms with van der Waals surface area (Å²) in [7, 11) is 0. The third-order valence-corrected chi connectivity index (χ3v) is 4.56. The lowest BCUT2D eigenvalue weighted by atomic mass is 9.83. The van der Waals surface area contributed by atoms with E-state index in [1.165, 1.54) is 44.1 Å². The van der Waals surface area contributed by atoms with Gasteiger partial charge in [-0.05, 0) is 38.6 Å². The van der Waals surface area contributed by atoms with Crippen LogP contribution in [0.15, 0.2) is 12.4 Å². The first-order valence-corrected chi connectivity index (χ1v) is 8.03.